The Morgan fingerprint density at radius 3 is 2.17 bits per heavy atom. The Labute approximate surface area is 245 Å². The van der Waals surface area contributed by atoms with Gasteiger partial charge in [0.05, 0.1) is 19.8 Å². The van der Waals surface area contributed by atoms with Gasteiger partial charge < -0.3 is 23.5 Å². The van der Waals surface area contributed by atoms with Crippen molar-refractivity contribution in [1.29, 1.82) is 0 Å². The van der Waals surface area contributed by atoms with Gasteiger partial charge in [0.1, 0.15) is 18.0 Å². The van der Waals surface area contributed by atoms with Crippen LogP contribution in [-0.4, -0.2) is 48.5 Å². The zero-order chi connectivity index (χ0) is 29.4. The number of halogens is 1. The Balaban J connectivity index is 0.000000367. The Bertz CT molecular complexity index is 1370. The van der Waals surface area contributed by atoms with Crippen LogP contribution in [0.3, 0.4) is 0 Å². The van der Waals surface area contributed by atoms with Crippen molar-refractivity contribution in [3.05, 3.63) is 59.3 Å². The average molecular weight is 585 g/mol. The molecular weight excluding hydrogens is 548 g/mol. The molecule has 2 fully saturated rings. The Morgan fingerprint density at radius 1 is 0.902 bits per heavy atom. The van der Waals surface area contributed by atoms with Crippen molar-refractivity contribution in [1.82, 2.24) is 4.57 Å². The van der Waals surface area contributed by atoms with E-state index in [1.54, 1.807) is 19.2 Å². The van der Waals surface area contributed by atoms with Crippen molar-refractivity contribution >= 4 is 45.7 Å². The third kappa shape index (κ3) is 8.16. The quantitative estimate of drug-likeness (QED) is 0.176. The first kappa shape index (κ1) is 30.2. The highest BCUT2D eigenvalue weighted by Crippen LogP contribution is 2.30. The molecule has 1 amide bonds. The summed E-state index contributed by atoms with van der Waals surface area (Å²) in [5.41, 5.74) is 3.56. The number of methoxy groups -OCH3 is 2. The maximum atomic E-state index is 12.3. The molecule has 41 heavy (non-hydrogen) atoms. The second kappa shape index (κ2) is 14.3. The van der Waals surface area contributed by atoms with Crippen LogP contribution in [0, 0.1) is 0 Å². The van der Waals surface area contributed by atoms with Crippen LogP contribution in [0.2, 0.25) is 0 Å². The van der Waals surface area contributed by atoms with Crippen molar-refractivity contribution in [2.75, 3.05) is 19.5 Å². The van der Waals surface area contributed by atoms with Crippen LogP contribution in [0.15, 0.2) is 42.6 Å². The van der Waals surface area contributed by atoms with Crippen molar-refractivity contribution in [3.8, 4) is 5.75 Å². The second-order valence-corrected chi connectivity index (χ2v) is 10.7. The van der Waals surface area contributed by atoms with Gasteiger partial charge in [-0.1, -0.05) is 6.07 Å². The summed E-state index contributed by atoms with van der Waals surface area (Å²) in [6.07, 6.45) is 10.8. The number of esters is 1. The van der Waals surface area contributed by atoms with Gasteiger partial charge in [-0.05, 0) is 92.8 Å². The van der Waals surface area contributed by atoms with Gasteiger partial charge in [-0.2, -0.15) is 0 Å². The number of carbonyl (C=O) groups is 3. The van der Waals surface area contributed by atoms with E-state index < -0.39 is 17.5 Å². The fourth-order valence-electron chi connectivity index (χ4n) is 5.48. The average Bonchev–Trinajstić information content (AvgIpc) is 3.72. The van der Waals surface area contributed by atoms with Gasteiger partial charge in [-0.15, -0.1) is 0 Å². The third-order valence-corrected chi connectivity index (χ3v) is 7.63. The normalized spacial score (nSPS) is 15.2. The van der Waals surface area contributed by atoms with Gasteiger partial charge in [-0.25, -0.2) is 14.4 Å². The smallest absolute Gasteiger partial charge is 0.411 e. The molecule has 1 aromatic heterocycles. The summed E-state index contributed by atoms with van der Waals surface area (Å²) < 4.78 is 22.6. The lowest BCUT2D eigenvalue weighted by Crippen LogP contribution is -2.20. The maximum absolute atomic E-state index is 12.3. The lowest BCUT2D eigenvalue weighted by atomic mass is 10.0. The largest absolute Gasteiger partial charge is 0.496 e. The lowest BCUT2D eigenvalue weighted by Gasteiger charge is -2.12. The number of ether oxygens (including phenoxy) is 4. The molecule has 2 aromatic carbocycles. The molecule has 2 aliphatic carbocycles. The number of amides is 1. The first-order chi connectivity index (χ1) is 19.8. The van der Waals surface area contributed by atoms with Crippen molar-refractivity contribution in [3.63, 3.8) is 0 Å². The fourth-order valence-corrected chi connectivity index (χ4v) is 5.60. The number of hydrogen-bond donors (Lipinski definition) is 1. The Hall–Kier alpha value is -3.72. The molecule has 0 aliphatic heterocycles. The van der Waals surface area contributed by atoms with E-state index in [0.717, 1.165) is 73.4 Å². The number of anilines is 1. The number of fused-ring (bicyclic) bond motifs is 1. The molecule has 5 rings (SSSR count). The molecule has 1 N–H and O–H groups in total. The minimum atomic E-state index is -0.665. The molecule has 0 unspecified atom stereocenters. The second-order valence-electron chi connectivity index (χ2n) is 10.4. The molecule has 1 heterocycles. The van der Waals surface area contributed by atoms with E-state index in [4.69, 9.17) is 30.5 Å². The van der Waals surface area contributed by atoms with Crippen molar-refractivity contribution < 1.29 is 33.3 Å². The lowest BCUT2D eigenvalue weighted by molar-refractivity contribution is 0.0600. The SMILES string of the molecule is COC(=O)c1ccc(Cc2cn(C)c3ccc(NC(=O)OC4CCCC4)cc23)c(OC)c1.O=C(Cl)OC1CCCC1. The number of nitrogens with one attached hydrogen (secondary N) is 1. The molecule has 0 radical (unpaired) electrons. The third-order valence-electron chi connectivity index (χ3n) is 7.54. The van der Waals surface area contributed by atoms with Crippen LogP contribution in [0.1, 0.15) is 72.9 Å². The molecule has 2 saturated carbocycles. The number of rotatable bonds is 7. The summed E-state index contributed by atoms with van der Waals surface area (Å²) in [5, 5.41) is 3.90. The van der Waals surface area contributed by atoms with Crippen LogP contribution in [0.5, 0.6) is 5.75 Å². The van der Waals surface area contributed by atoms with Crippen molar-refractivity contribution in [2.45, 2.75) is 70.0 Å². The summed E-state index contributed by atoms with van der Waals surface area (Å²) in [5.74, 6) is 0.222. The molecule has 9 nitrogen and oxygen atoms in total. The number of carbonyl (C=O) groups excluding carboxylic acids is 3. The number of nitrogens with zero attached hydrogens (tertiary/aromatic N) is 1. The van der Waals surface area contributed by atoms with E-state index in [2.05, 4.69) is 16.1 Å². The Morgan fingerprint density at radius 2 is 1.56 bits per heavy atom. The first-order valence-corrected chi connectivity index (χ1v) is 14.3. The van der Waals surface area contributed by atoms with Crippen LogP contribution in [0.25, 0.3) is 10.9 Å². The molecule has 0 atom stereocenters. The van der Waals surface area contributed by atoms with Gasteiger partial charge >= 0.3 is 17.5 Å². The van der Waals surface area contributed by atoms with Crippen molar-refractivity contribution in [2.24, 2.45) is 7.05 Å². The summed E-state index contributed by atoms with van der Waals surface area (Å²) in [4.78, 5) is 34.3. The van der Waals surface area contributed by atoms with E-state index in [1.165, 1.54) is 7.11 Å². The molecule has 0 spiro atoms. The molecule has 3 aromatic rings. The van der Waals surface area contributed by atoms with Gasteiger partial charge in [0.15, 0.2) is 0 Å². The van der Waals surface area contributed by atoms with Crippen LogP contribution in [-0.2, 0) is 27.7 Å². The standard InChI is InChI=1S/C25H28N2O5.C6H9ClO2/c1-27-15-18(12-16-8-9-17(24(28)31-3)13-23(16)30-2)21-14-19(10-11-22(21)27)26-25(29)32-20-6-4-5-7-20;7-6(8)9-5-3-1-2-4-5/h8-11,13-15,20H,4-7,12H2,1-3H3,(H,26,29);5H,1-4H2. The minimum absolute atomic E-state index is 0.0199. The number of aryl methyl sites for hydroxylation is 1. The zero-order valence-corrected chi connectivity index (χ0v) is 24.5. The highest BCUT2D eigenvalue weighted by Gasteiger charge is 2.20. The molecule has 0 bridgehead atoms. The number of aromatic nitrogens is 1. The maximum Gasteiger partial charge on any atom is 0.411 e. The van der Waals surface area contributed by atoms with E-state index in [-0.39, 0.29) is 12.2 Å². The van der Waals surface area contributed by atoms with E-state index >= 15 is 0 Å². The summed E-state index contributed by atoms with van der Waals surface area (Å²) in [7, 11) is 4.93. The van der Waals surface area contributed by atoms with Crippen LogP contribution < -0.4 is 10.1 Å². The number of hydrogen-bond acceptors (Lipinski definition) is 7. The highest BCUT2D eigenvalue weighted by molar-refractivity contribution is 6.61. The Kier molecular flexibility index (Phi) is 10.5. The van der Waals surface area contributed by atoms with Crippen LogP contribution >= 0.6 is 11.6 Å². The van der Waals surface area contributed by atoms with Gasteiger partial charge in [-0.3, -0.25) is 5.32 Å². The first-order valence-electron chi connectivity index (χ1n) is 13.9. The molecule has 10 heteroatoms. The van der Waals surface area contributed by atoms with Gasteiger partial charge in [0.25, 0.3) is 0 Å². The predicted octanol–water partition coefficient (Wildman–Crippen LogP) is 7.36. The molecule has 2 aliphatic rings. The predicted molar refractivity (Wildman–Crippen MR) is 157 cm³/mol. The van der Waals surface area contributed by atoms with Crippen LogP contribution in [0.4, 0.5) is 15.3 Å². The summed E-state index contributed by atoms with van der Waals surface area (Å²) in [6.45, 7) is 0. The number of benzene rings is 2. The molecule has 0 saturated heterocycles. The molecule has 220 valence electrons. The highest BCUT2D eigenvalue weighted by atomic mass is 35.5. The van der Waals surface area contributed by atoms with E-state index in [1.807, 2.05) is 31.3 Å². The summed E-state index contributed by atoms with van der Waals surface area (Å²) >= 11 is 5.00. The van der Waals surface area contributed by atoms with E-state index in [0.29, 0.717) is 23.4 Å². The molecular formula is C31H37ClN2O7. The topological polar surface area (TPSA) is 105 Å². The fraction of sp³-hybridized carbons (Fsp3) is 0.452. The van der Waals surface area contributed by atoms with Gasteiger partial charge in [0, 0.05) is 47.9 Å². The van der Waals surface area contributed by atoms with Gasteiger partial charge in [0.2, 0.25) is 0 Å². The van der Waals surface area contributed by atoms with E-state index in [9.17, 15) is 14.4 Å². The minimum Gasteiger partial charge on any atom is -0.496 e. The zero-order valence-electron chi connectivity index (χ0n) is 23.7. The summed E-state index contributed by atoms with van der Waals surface area (Å²) in [6, 6.07) is 11.1. The monoisotopic (exact) mass is 584 g/mol.